The van der Waals surface area contributed by atoms with Crippen LogP contribution in [-0.2, 0) is 7.05 Å². The number of carbonyl (C=O) groups is 2. The van der Waals surface area contributed by atoms with Gasteiger partial charge in [-0.25, -0.2) is 4.39 Å². The van der Waals surface area contributed by atoms with E-state index in [4.69, 9.17) is 11.6 Å². The molecule has 0 fully saturated rings. The van der Waals surface area contributed by atoms with Crippen molar-refractivity contribution in [2.24, 2.45) is 7.05 Å². The number of carbonyl (C=O) groups excluding carboxylic acids is 2. The number of aromatic hydroxyl groups is 1. The summed E-state index contributed by atoms with van der Waals surface area (Å²) in [4.78, 5) is 27.2. The number of benzene rings is 1. The molecule has 25 heavy (non-hydrogen) atoms. The normalized spacial score (nSPS) is 10.7. The summed E-state index contributed by atoms with van der Waals surface area (Å²) in [7, 11) is 1.70. The third-order valence-corrected chi connectivity index (χ3v) is 3.77. The van der Waals surface area contributed by atoms with E-state index in [2.05, 4.69) is 15.4 Å². The van der Waals surface area contributed by atoms with Gasteiger partial charge in [0.1, 0.15) is 5.69 Å². The van der Waals surface area contributed by atoms with E-state index in [9.17, 15) is 19.1 Å². The van der Waals surface area contributed by atoms with E-state index in [0.717, 1.165) is 6.07 Å². The summed E-state index contributed by atoms with van der Waals surface area (Å²) in [6, 6.07) is 3.54. The zero-order valence-corrected chi connectivity index (χ0v) is 13.6. The van der Waals surface area contributed by atoms with Crippen molar-refractivity contribution in [2.45, 2.75) is 0 Å². The minimum Gasteiger partial charge on any atom is -0.505 e. The van der Waals surface area contributed by atoms with Crippen LogP contribution in [0.2, 0.25) is 5.02 Å². The lowest BCUT2D eigenvalue weighted by Crippen LogP contribution is -2.11. The van der Waals surface area contributed by atoms with Crippen LogP contribution in [0, 0.1) is 5.82 Å². The number of amides is 1. The molecule has 128 valence electrons. The van der Waals surface area contributed by atoms with E-state index in [1.807, 2.05) is 0 Å². The highest BCUT2D eigenvalue weighted by molar-refractivity contribution is 6.35. The highest BCUT2D eigenvalue weighted by atomic mass is 35.5. The summed E-state index contributed by atoms with van der Waals surface area (Å²) in [5, 5.41) is 15.8. The minimum absolute atomic E-state index is 0.0303. The zero-order chi connectivity index (χ0) is 18.1. The Kier molecular flexibility index (Phi) is 4.28. The van der Waals surface area contributed by atoms with Gasteiger partial charge in [-0.2, -0.15) is 5.10 Å². The second-order valence-electron chi connectivity index (χ2n) is 5.24. The van der Waals surface area contributed by atoms with Crippen LogP contribution >= 0.6 is 11.6 Å². The molecular weight excluding hydrogens is 351 g/mol. The van der Waals surface area contributed by atoms with Gasteiger partial charge in [-0.05, 0) is 18.2 Å². The first-order chi connectivity index (χ1) is 11.9. The number of ketones is 1. The Morgan fingerprint density at radius 2 is 2.16 bits per heavy atom. The van der Waals surface area contributed by atoms with Gasteiger partial charge in [0.2, 0.25) is 0 Å². The smallest absolute Gasteiger partial charge is 0.272 e. The average molecular weight is 363 g/mol. The van der Waals surface area contributed by atoms with Gasteiger partial charge in [0.05, 0.1) is 22.5 Å². The predicted octanol–water partition coefficient (Wildman–Crippen LogP) is 2.73. The van der Waals surface area contributed by atoms with Gasteiger partial charge in [0.15, 0.2) is 17.3 Å². The second kappa shape index (κ2) is 6.40. The number of H-pyrrole nitrogens is 1. The summed E-state index contributed by atoms with van der Waals surface area (Å²) in [6.07, 6.45) is 4.34. The molecule has 3 aromatic rings. The molecule has 3 N–H and O–H groups in total. The fourth-order valence-corrected chi connectivity index (χ4v) is 2.47. The Balaban J connectivity index is 1.85. The standard InChI is InChI=1S/C16H12ClFN4O3/c1-22-7-9(6-20-22)21-16(25)11-4-8(5-19-11)15(24)13-10(17)2-3-12(23)14(13)18/h2-7,19,23H,1H3,(H,21,25). The summed E-state index contributed by atoms with van der Waals surface area (Å²) < 4.78 is 15.5. The van der Waals surface area contributed by atoms with Gasteiger partial charge < -0.3 is 15.4 Å². The van der Waals surface area contributed by atoms with Gasteiger partial charge in [-0.3, -0.25) is 14.3 Å². The van der Waals surface area contributed by atoms with Crippen molar-refractivity contribution < 1.29 is 19.1 Å². The maximum atomic E-state index is 14.0. The van der Waals surface area contributed by atoms with Crippen molar-refractivity contribution in [2.75, 3.05) is 5.32 Å². The van der Waals surface area contributed by atoms with E-state index >= 15 is 0 Å². The highest BCUT2D eigenvalue weighted by Crippen LogP contribution is 2.28. The molecule has 1 amide bonds. The van der Waals surface area contributed by atoms with Crippen molar-refractivity contribution in [1.82, 2.24) is 14.8 Å². The van der Waals surface area contributed by atoms with Gasteiger partial charge in [0, 0.05) is 25.0 Å². The summed E-state index contributed by atoms with van der Waals surface area (Å²) in [6.45, 7) is 0. The molecule has 9 heteroatoms. The number of anilines is 1. The fraction of sp³-hybridized carbons (Fsp3) is 0.0625. The van der Waals surface area contributed by atoms with Crippen LogP contribution in [0.25, 0.3) is 0 Å². The molecule has 0 spiro atoms. The first-order valence-electron chi connectivity index (χ1n) is 7.07. The number of nitrogens with zero attached hydrogens (tertiary/aromatic N) is 2. The lowest BCUT2D eigenvalue weighted by molar-refractivity contribution is 0.102. The number of phenolic OH excluding ortho intramolecular Hbond substituents is 1. The van der Waals surface area contributed by atoms with E-state index in [-0.39, 0.29) is 16.3 Å². The maximum Gasteiger partial charge on any atom is 0.272 e. The number of hydrogen-bond donors (Lipinski definition) is 3. The molecule has 0 aliphatic rings. The van der Waals surface area contributed by atoms with Crippen LogP contribution in [-0.4, -0.2) is 31.6 Å². The predicted molar refractivity (Wildman–Crippen MR) is 88.5 cm³/mol. The van der Waals surface area contributed by atoms with Crippen molar-refractivity contribution in [3.63, 3.8) is 0 Å². The molecule has 0 aliphatic carbocycles. The largest absolute Gasteiger partial charge is 0.505 e. The Morgan fingerprint density at radius 1 is 1.40 bits per heavy atom. The highest BCUT2D eigenvalue weighted by Gasteiger charge is 2.22. The van der Waals surface area contributed by atoms with E-state index in [1.54, 1.807) is 13.2 Å². The molecule has 2 aromatic heterocycles. The van der Waals surface area contributed by atoms with Crippen molar-refractivity contribution in [1.29, 1.82) is 0 Å². The van der Waals surface area contributed by atoms with Gasteiger partial charge in [-0.1, -0.05) is 11.6 Å². The van der Waals surface area contributed by atoms with Crippen molar-refractivity contribution in [3.8, 4) is 5.75 Å². The Labute approximate surface area is 146 Å². The number of nitrogens with one attached hydrogen (secondary N) is 2. The Hall–Kier alpha value is -3.13. The second-order valence-corrected chi connectivity index (χ2v) is 5.65. The van der Waals surface area contributed by atoms with Crippen LogP contribution in [0.5, 0.6) is 5.75 Å². The Morgan fingerprint density at radius 3 is 2.84 bits per heavy atom. The van der Waals surface area contributed by atoms with Crippen molar-refractivity contribution >= 4 is 29.0 Å². The summed E-state index contributed by atoms with van der Waals surface area (Å²) in [5.74, 6) is -3.04. The molecule has 0 radical (unpaired) electrons. The van der Waals surface area contributed by atoms with Gasteiger partial charge in [0.25, 0.3) is 5.91 Å². The molecule has 2 heterocycles. The van der Waals surface area contributed by atoms with Crippen LogP contribution in [0.1, 0.15) is 26.4 Å². The molecule has 1 aromatic carbocycles. The topological polar surface area (TPSA) is 100 Å². The van der Waals surface area contributed by atoms with Crippen LogP contribution < -0.4 is 5.32 Å². The molecule has 7 nitrogen and oxygen atoms in total. The van der Waals surface area contributed by atoms with Gasteiger partial charge >= 0.3 is 0 Å². The fourth-order valence-electron chi connectivity index (χ4n) is 2.23. The zero-order valence-electron chi connectivity index (χ0n) is 12.9. The number of aryl methyl sites for hydroxylation is 1. The molecule has 0 unspecified atom stereocenters. The lowest BCUT2D eigenvalue weighted by atomic mass is 10.0. The number of aromatic nitrogens is 3. The molecule has 0 atom stereocenters. The lowest BCUT2D eigenvalue weighted by Gasteiger charge is -2.05. The monoisotopic (exact) mass is 362 g/mol. The molecular formula is C16H12ClFN4O3. The van der Waals surface area contributed by atoms with Gasteiger partial charge in [-0.15, -0.1) is 0 Å². The molecule has 3 rings (SSSR count). The number of aromatic amines is 1. The van der Waals surface area contributed by atoms with Crippen LogP contribution in [0.3, 0.4) is 0 Å². The summed E-state index contributed by atoms with van der Waals surface area (Å²) in [5.41, 5.74) is 0.156. The number of phenols is 1. The van der Waals surface area contributed by atoms with E-state index in [1.165, 1.54) is 29.2 Å². The third kappa shape index (κ3) is 3.24. The molecule has 0 saturated heterocycles. The van der Waals surface area contributed by atoms with Crippen LogP contribution in [0.15, 0.2) is 36.8 Å². The Bertz CT molecular complexity index is 980. The SMILES string of the molecule is Cn1cc(NC(=O)c2cc(C(=O)c3c(Cl)ccc(O)c3F)c[nH]2)cn1. The van der Waals surface area contributed by atoms with E-state index < -0.39 is 28.8 Å². The molecule has 0 aliphatic heterocycles. The van der Waals surface area contributed by atoms with Crippen LogP contribution in [0.4, 0.5) is 10.1 Å². The minimum atomic E-state index is -1.11. The average Bonchev–Trinajstić information content (AvgIpc) is 3.20. The molecule has 0 saturated carbocycles. The third-order valence-electron chi connectivity index (χ3n) is 3.45. The maximum absolute atomic E-state index is 14.0. The first kappa shape index (κ1) is 16.7. The van der Waals surface area contributed by atoms with E-state index in [0.29, 0.717) is 5.69 Å². The first-order valence-corrected chi connectivity index (χ1v) is 7.44. The number of rotatable bonds is 4. The summed E-state index contributed by atoms with van der Waals surface area (Å²) >= 11 is 5.85. The van der Waals surface area contributed by atoms with Crippen molar-refractivity contribution in [3.05, 3.63) is 64.5 Å². The number of hydrogen-bond acceptors (Lipinski definition) is 4. The quantitative estimate of drug-likeness (QED) is 0.621. The number of halogens is 2. The molecule has 0 bridgehead atoms.